The smallest absolute Gasteiger partial charge is 0.247 e. The lowest BCUT2D eigenvalue weighted by Gasteiger charge is -1.93. The maximum atomic E-state index is 5.37. The van der Waals surface area contributed by atoms with Gasteiger partial charge in [-0.3, -0.25) is 0 Å². The van der Waals surface area contributed by atoms with Gasteiger partial charge in [-0.05, 0) is 46.9 Å². The van der Waals surface area contributed by atoms with Gasteiger partial charge in [-0.25, -0.2) is 0 Å². The van der Waals surface area contributed by atoms with Crippen LogP contribution in [-0.4, -0.2) is 10.2 Å². The second-order valence-corrected chi connectivity index (χ2v) is 3.96. The van der Waals surface area contributed by atoms with Crippen molar-refractivity contribution >= 4 is 22.6 Å². The highest BCUT2D eigenvalue weighted by molar-refractivity contribution is 14.1. The molecule has 0 saturated carbocycles. The summed E-state index contributed by atoms with van der Waals surface area (Å²) in [5.74, 6) is 0.973. The van der Waals surface area contributed by atoms with Crippen LogP contribution in [0.3, 0.4) is 0 Å². The normalized spacial score (nSPS) is 10.4. The van der Waals surface area contributed by atoms with Crippen LogP contribution >= 0.6 is 22.6 Å². The highest BCUT2D eigenvalue weighted by Crippen LogP contribution is 2.18. The lowest BCUT2D eigenvalue weighted by Crippen LogP contribution is -1.95. The molecule has 0 amide bonds. The van der Waals surface area contributed by atoms with Crippen LogP contribution in [0.4, 0.5) is 0 Å². The number of halogens is 1. The lowest BCUT2D eigenvalue weighted by molar-refractivity contribution is 0.508. The Morgan fingerprint density at radius 3 is 2.50 bits per heavy atom. The quantitative estimate of drug-likeness (QED) is 0.859. The van der Waals surface area contributed by atoms with Crippen LogP contribution in [-0.2, 0) is 6.54 Å². The molecule has 2 aromatic rings. The van der Waals surface area contributed by atoms with Gasteiger partial charge in [-0.2, -0.15) is 0 Å². The van der Waals surface area contributed by atoms with E-state index < -0.39 is 0 Å². The minimum atomic E-state index is 0.275. The van der Waals surface area contributed by atoms with E-state index in [0.29, 0.717) is 11.8 Å². The molecule has 1 heterocycles. The first-order chi connectivity index (χ1) is 6.79. The van der Waals surface area contributed by atoms with Crippen molar-refractivity contribution < 1.29 is 4.42 Å². The molecule has 4 nitrogen and oxygen atoms in total. The number of aromatic nitrogens is 2. The van der Waals surface area contributed by atoms with Crippen LogP contribution in [0.1, 0.15) is 5.89 Å². The van der Waals surface area contributed by atoms with Crippen LogP contribution in [0.2, 0.25) is 0 Å². The first kappa shape index (κ1) is 9.60. The van der Waals surface area contributed by atoms with Gasteiger partial charge in [0.1, 0.15) is 0 Å². The summed E-state index contributed by atoms with van der Waals surface area (Å²) in [7, 11) is 0. The average Bonchev–Trinajstić information content (AvgIpc) is 2.67. The number of rotatable bonds is 2. The van der Waals surface area contributed by atoms with Crippen molar-refractivity contribution in [2.45, 2.75) is 6.54 Å². The first-order valence-electron chi connectivity index (χ1n) is 4.08. The summed E-state index contributed by atoms with van der Waals surface area (Å²) in [6, 6.07) is 7.86. The third kappa shape index (κ3) is 1.93. The van der Waals surface area contributed by atoms with Crippen molar-refractivity contribution in [3.63, 3.8) is 0 Å². The van der Waals surface area contributed by atoms with E-state index in [1.807, 2.05) is 24.3 Å². The molecule has 2 rings (SSSR count). The Labute approximate surface area is 94.7 Å². The van der Waals surface area contributed by atoms with Crippen LogP contribution in [0, 0.1) is 3.57 Å². The zero-order chi connectivity index (χ0) is 9.97. The van der Waals surface area contributed by atoms with E-state index in [2.05, 4.69) is 32.8 Å². The fraction of sp³-hybridized carbons (Fsp3) is 0.111. The fourth-order valence-corrected chi connectivity index (χ4v) is 1.40. The van der Waals surface area contributed by atoms with E-state index in [1.165, 1.54) is 3.57 Å². The zero-order valence-electron chi connectivity index (χ0n) is 7.27. The van der Waals surface area contributed by atoms with Gasteiger partial charge in [0, 0.05) is 9.13 Å². The zero-order valence-corrected chi connectivity index (χ0v) is 9.43. The number of benzene rings is 1. The SMILES string of the molecule is NCc1nnc(-c2ccc(I)cc2)o1. The van der Waals surface area contributed by atoms with Gasteiger partial charge in [-0.15, -0.1) is 10.2 Å². The minimum absolute atomic E-state index is 0.275. The molecule has 0 atom stereocenters. The van der Waals surface area contributed by atoms with Gasteiger partial charge in [0.25, 0.3) is 0 Å². The average molecular weight is 301 g/mol. The molecule has 0 aliphatic rings. The van der Waals surface area contributed by atoms with Crippen LogP contribution in [0.15, 0.2) is 28.7 Å². The largest absolute Gasteiger partial charge is 0.419 e. The predicted molar refractivity (Wildman–Crippen MR) is 60.3 cm³/mol. The van der Waals surface area contributed by atoms with Crippen molar-refractivity contribution in [2.75, 3.05) is 0 Å². The molecule has 0 bridgehead atoms. The van der Waals surface area contributed by atoms with Crippen molar-refractivity contribution in [3.05, 3.63) is 33.7 Å². The molecular weight excluding hydrogens is 293 g/mol. The monoisotopic (exact) mass is 301 g/mol. The second-order valence-electron chi connectivity index (χ2n) is 2.71. The van der Waals surface area contributed by atoms with E-state index in [0.717, 1.165) is 5.56 Å². The third-order valence-electron chi connectivity index (χ3n) is 1.73. The molecule has 1 aromatic heterocycles. The standard InChI is InChI=1S/C9H8IN3O/c10-7-3-1-6(2-4-7)9-13-12-8(5-11)14-9/h1-4H,5,11H2. The number of hydrogen-bond acceptors (Lipinski definition) is 4. The molecule has 14 heavy (non-hydrogen) atoms. The number of hydrogen-bond donors (Lipinski definition) is 1. The molecule has 0 aliphatic carbocycles. The van der Waals surface area contributed by atoms with Crippen molar-refractivity contribution in [2.24, 2.45) is 5.73 Å². The highest BCUT2D eigenvalue weighted by Gasteiger charge is 2.06. The molecule has 5 heteroatoms. The Morgan fingerprint density at radius 1 is 1.21 bits per heavy atom. The molecule has 0 fully saturated rings. The van der Waals surface area contributed by atoms with E-state index in [1.54, 1.807) is 0 Å². The molecule has 0 aliphatic heterocycles. The molecule has 2 N–H and O–H groups in total. The number of nitrogens with two attached hydrogens (primary N) is 1. The van der Waals surface area contributed by atoms with E-state index in [-0.39, 0.29) is 6.54 Å². The van der Waals surface area contributed by atoms with E-state index >= 15 is 0 Å². The van der Waals surface area contributed by atoms with Gasteiger partial charge < -0.3 is 10.2 Å². The van der Waals surface area contributed by atoms with E-state index in [9.17, 15) is 0 Å². The summed E-state index contributed by atoms with van der Waals surface area (Å²) < 4.78 is 6.48. The summed E-state index contributed by atoms with van der Waals surface area (Å²) in [6.45, 7) is 0.275. The van der Waals surface area contributed by atoms with Gasteiger partial charge in [0.05, 0.1) is 6.54 Å². The van der Waals surface area contributed by atoms with Crippen LogP contribution in [0.25, 0.3) is 11.5 Å². The van der Waals surface area contributed by atoms with Crippen LogP contribution < -0.4 is 5.73 Å². The molecule has 0 unspecified atom stereocenters. The molecule has 0 saturated heterocycles. The first-order valence-corrected chi connectivity index (χ1v) is 5.16. The summed E-state index contributed by atoms with van der Waals surface area (Å²) in [5.41, 5.74) is 6.28. The summed E-state index contributed by atoms with van der Waals surface area (Å²) in [4.78, 5) is 0. The van der Waals surface area contributed by atoms with Crippen molar-refractivity contribution in [3.8, 4) is 11.5 Å². The second kappa shape index (κ2) is 4.05. The third-order valence-corrected chi connectivity index (χ3v) is 2.45. The van der Waals surface area contributed by atoms with E-state index in [4.69, 9.17) is 10.2 Å². The summed E-state index contributed by atoms with van der Waals surface area (Å²) in [5, 5.41) is 7.68. The molecule has 1 aromatic carbocycles. The maximum Gasteiger partial charge on any atom is 0.247 e. The van der Waals surface area contributed by atoms with Crippen molar-refractivity contribution in [1.82, 2.24) is 10.2 Å². The van der Waals surface area contributed by atoms with Gasteiger partial charge in [-0.1, -0.05) is 0 Å². The lowest BCUT2D eigenvalue weighted by atomic mass is 10.2. The maximum absolute atomic E-state index is 5.37. The molecule has 72 valence electrons. The van der Waals surface area contributed by atoms with Gasteiger partial charge in [0.2, 0.25) is 11.8 Å². The Morgan fingerprint density at radius 2 is 1.93 bits per heavy atom. The topological polar surface area (TPSA) is 64.9 Å². The van der Waals surface area contributed by atoms with Gasteiger partial charge in [0.15, 0.2) is 0 Å². The summed E-state index contributed by atoms with van der Waals surface area (Å²) in [6.07, 6.45) is 0. The van der Waals surface area contributed by atoms with Gasteiger partial charge >= 0.3 is 0 Å². The minimum Gasteiger partial charge on any atom is -0.419 e. The fourth-order valence-electron chi connectivity index (χ4n) is 1.05. The Kier molecular flexibility index (Phi) is 2.78. The van der Waals surface area contributed by atoms with Crippen molar-refractivity contribution in [1.29, 1.82) is 0 Å². The molecule has 0 spiro atoms. The summed E-state index contributed by atoms with van der Waals surface area (Å²) >= 11 is 2.24. The predicted octanol–water partition coefficient (Wildman–Crippen LogP) is 1.80. The van der Waals surface area contributed by atoms with Crippen LogP contribution in [0.5, 0.6) is 0 Å². The number of nitrogens with zero attached hydrogens (tertiary/aromatic N) is 2. The molecule has 0 radical (unpaired) electrons. The highest BCUT2D eigenvalue weighted by atomic mass is 127. The Bertz CT molecular complexity index is 424. The Balaban J connectivity index is 2.34. The Hall–Kier alpha value is -0.950. The molecular formula is C9H8IN3O.